The first-order chi connectivity index (χ1) is 10.8. The van der Waals surface area contributed by atoms with E-state index in [1.54, 1.807) is 42.5 Å². The number of halogens is 2. The van der Waals surface area contributed by atoms with Crippen molar-refractivity contribution in [2.75, 3.05) is 0 Å². The predicted molar refractivity (Wildman–Crippen MR) is 90.9 cm³/mol. The van der Waals surface area contributed by atoms with Crippen LogP contribution < -0.4 is 10.5 Å². The van der Waals surface area contributed by atoms with Gasteiger partial charge >= 0.3 is 0 Å². The van der Waals surface area contributed by atoms with Gasteiger partial charge in [-0.25, -0.2) is 13.6 Å². The molecule has 0 saturated carbocycles. The first kappa shape index (κ1) is 17.7. The van der Waals surface area contributed by atoms with Gasteiger partial charge in [0.25, 0.3) is 5.91 Å². The monoisotopic (exact) mass is 372 g/mol. The number of hydrogen-bond acceptors (Lipinski definition) is 3. The van der Waals surface area contributed by atoms with Crippen molar-refractivity contribution in [2.24, 2.45) is 5.14 Å². The lowest BCUT2D eigenvalue weighted by atomic mass is 10.1. The van der Waals surface area contributed by atoms with Crippen molar-refractivity contribution < 1.29 is 13.2 Å². The van der Waals surface area contributed by atoms with Gasteiger partial charge in [0.1, 0.15) is 0 Å². The molecular formula is C15H14Cl2N2O3S. The van der Waals surface area contributed by atoms with Crippen LogP contribution in [-0.4, -0.2) is 14.3 Å². The van der Waals surface area contributed by atoms with Crippen molar-refractivity contribution in [3.8, 4) is 0 Å². The molecule has 23 heavy (non-hydrogen) atoms. The summed E-state index contributed by atoms with van der Waals surface area (Å²) >= 11 is 11.9. The molecule has 122 valence electrons. The Labute approximate surface area is 144 Å². The van der Waals surface area contributed by atoms with Gasteiger partial charge in [-0.2, -0.15) is 0 Å². The highest BCUT2D eigenvalue weighted by Gasteiger charge is 2.12. The van der Waals surface area contributed by atoms with E-state index in [2.05, 4.69) is 5.32 Å². The minimum atomic E-state index is -3.56. The fourth-order valence-corrected chi connectivity index (χ4v) is 2.99. The summed E-state index contributed by atoms with van der Waals surface area (Å²) < 4.78 is 22.0. The van der Waals surface area contributed by atoms with Gasteiger partial charge in [-0.15, -0.1) is 0 Å². The van der Waals surface area contributed by atoms with Crippen molar-refractivity contribution in [1.82, 2.24) is 5.32 Å². The van der Waals surface area contributed by atoms with Crippen molar-refractivity contribution >= 4 is 39.1 Å². The normalized spacial score (nSPS) is 11.3. The molecular weight excluding hydrogens is 359 g/mol. The number of amides is 1. The smallest absolute Gasteiger partial charge is 0.253 e. The van der Waals surface area contributed by atoms with E-state index in [1.165, 1.54) is 0 Å². The highest BCUT2D eigenvalue weighted by Crippen LogP contribution is 2.25. The maximum absolute atomic E-state index is 12.1. The quantitative estimate of drug-likeness (QED) is 0.845. The molecule has 2 rings (SSSR count). The largest absolute Gasteiger partial charge is 0.348 e. The summed E-state index contributed by atoms with van der Waals surface area (Å²) in [5.41, 5.74) is 1.69. The van der Waals surface area contributed by atoms with Crippen molar-refractivity contribution in [3.05, 3.63) is 69.2 Å². The molecule has 0 heterocycles. The molecule has 0 radical (unpaired) electrons. The first-order valence-electron chi connectivity index (χ1n) is 6.57. The number of sulfonamides is 1. The zero-order valence-corrected chi connectivity index (χ0v) is 14.3. The molecule has 0 fully saturated rings. The lowest BCUT2D eigenvalue weighted by Gasteiger charge is -2.08. The standard InChI is InChI=1S/C15H14Cl2N2O3S/c16-13-3-1-2-12(14(13)17)15(20)19-8-10-4-6-11(7-5-10)9-23(18,21)22/h1-7H,8-9H2,(H,19,20)(H2,18,21,22). The van der Waals surface area contributed by atoms with Crippen LogP contribution in [0.4, 0.5) is 0 Å². The Morgan fingerprint density at radius 1 is 1.04 bits per heavy atom. The number of hydrogen-bond donors (Lipinski definition) is 2. The zero-order valence-electron chi connectivity index (χ0n) is 11.9. The van der Waals surface area contributed by atoms with Crippen molar-refractivity contribution in [2.45, 2.75) is 12.3 Å². The van der Waals surface area contributed by atoms with Gasteiger partial charge in [0.2, 0.25) is 10.0 Å². The molecule has 0 bridgehead atoms. The van der Waals surface area contributed by atoms with Crippen molar-refractivity contribution in [1.29, 1.82) is 0 Å². The maximum atomic E-state index is 12.1. The van der Waals surface area contributed by atoms with Crippen LogP contribution in [0.25, 0.3) is 0 Å². The molecule has 1 amide bonds. The second kappa shape index (κ2) is 7.31. The number of primary sulfonamides is 1. The second-order valence-electron chi connectivity index (χ2n) is 4.91. The Bertz CT molecular complexity index is 821. The molecule has 0 spiro atoms. The number of carbonyl (C=O) groups excluding carboxylic acids is 1. The first-order valence-corrected chi connectivity index (χ1v) is 9.04. The van der Waals surface area contributed by atoms with Crippen LogP contribution in [0.2, 0.25) is 10.0 Å². The van der Waals surface area contributed by atoms with Crippen LogP contribution in [0, 0.1) is 0 Å². The number of carbonyl (C=O) groups is 1. The zero-order chi connectivity index (χ0) is 17.0. The molecule has 0 aliphatic carbocycles. The summed E-state index contributed by atoms with van der Waals surface area (Å²) in [5, 5.41) is 8.23. The summed E-state index contributed by atoms with van der Waals surface area (Å²) in [5.74, 6) is -0.566. The molecule has 0 saturated heterocycles. The van der Waals surface area contributed by atoms with E-state index < -0.39 is 10.0 Å². The van der Waals surface area contributed by atoms with Crippen LogP contribution in [-0.2, 0) is 22.3 Å². The van der Waals surface area contributed by atoms with E-state index in [0.717, 1.165) is 5.56 Å². The summed E-state index contributed by atoms with van der Waals surface area (Å²) in [7, 11) is -3.56. The highest BCUT2D eigenvalue weighted by atomic mass is 35.5. The van der Waals surface area contributed by atoms with E-state index >= 15 is 0 Å². The number of nitrogens with one attached hydrogen (secondary N) is 1. The van der Waals surface area contributed by atoms with Gasteiger partial charge in [-0.1, -0.05) is 53.5 Å². The second-order valence-corrected chi connectivity index (χ2v) is 7.31. The Kier molecular flexibility index (Phi) is 5.64. The molecule has 3 N–H and O–H groups in total. The molecule has 0 aromatic heterocycles. The van der Waals surface area contributed by atoms with Gasteiger partial charge in [-0.05, 0) is 23.3 Å². The fourth-order valence-electron chi connectivity index (χ4n) is 1.94. The Morgan fingerprint density at radius 3 is 2.26 bits per heavy atom. The van der Waals surface area contributed by atoms with Gasteiger partial charge in [-0.3, -0.25) is 4.79 Å². The number of rotatable bonds is 5. The highest BCUT2D eigenvalue weighted by molar-refractivity contribution is 7.88. The number of benzene rings is 2. The van der Waals surface area contributed by atoms with E-state index in [-0.39, 0.29) is 23.2 Å². The van der Waals surface area contributed by atoms with E-state index in [0.29, 0.717) is 16.1 Å². The Morgan fingerprint density at radius 2 is 1.65 bits per heavy atom. The third kappa shape index (κ3) is 5.21. The van der Waals surface area contributed by atoms with Gasteiger partial charge in [0.15, 0.2) is 0 Å². The summed E-state index contributed by atoms with van der Waals surface area (Å²) in [4.78, 5) is 12.1. The van der Waals surface area contributed by atoms with Crippen LogP contribution in [0.5, 0.6) is 0 Å². The Balaban J connectivity index is 2.01. The van der Waals surface area contributed by atoms with E-state index in [4.69, 9.17) is 28.3 Å². The average molecular weight is 373 g/mol. The maximum Gasteiger partial charge on any atom is 0.253 e. The summed E-state index contributed by atoms with van der Waals surface area (Å²) in [6.07, 6.45) is 0. The van der Waals surface area contributed by atoms with E-state index in [1.807, 2.05) is 0 Å². The minimum Gasteiger partial charge on any atom is -0.348 e. The van der Waals surface area contributed by atoms with Crippen LogP contribution in [0.1, 0.15) is 21.5 Å². The van der Waals surface area contributed by atoms with Gasteiger partial charge in [0, 0.05) is 6.54 Å². The predicted octanol–water partition coefficient (Wildman–Crippen LogP) is 2.71. The minimum absolute atomic E-state index is 0.204. The molecule has 0 atom stereocenters. The Hall–Kier alpha value is -1.60. The van der Waals surface area contributed by atoms with Gasteiger partial charge in [0.05, 0.1) is 21.4 Å². The lowest BCUT2D eigenvalue weighted by Crippen LogP contribution is -2.23. The van der Waals surface area contributed by atoms with E-state index in [9.17, 15) is 13.2 Å². The van der Waals surface area contributed by atoms with Gasteiger partial charge < -0.3 is 5.32 Å². The average Bonchev–Trinajstić information content (AvgIpc) is 2.47. The summed E-state index contributed by atoms with van der Waals surface area (Å²) in [6.45, 7) is 0.275. The SMILES string of the molecule is NS(=O)(=O)Cc1ccc(CNC(=O)c2cccc(Cl)c2Cl)cc1. The topological polar surface area (TPSA) is 89.3 Å². The molecule has 5 nitrogen and oxygen atoms in total. The molecule has 2 aromatic carbocycles. The molecule has 0 aliphatic heterocycles. The lowest BCUT2D eigenvalue weighted by molar-refractivity contribution is 0.0951. The molecule has 8 heteroatoms. The van der Waals surface area contributed by atoms with Crippen molar-refractivity contribution in [3.63, 3.8) is 0 Å². The third-order valence-corrected chi connectivity index (χ3v) is 4.59. The fraction of sp³-hybridized carbons (Fsp3) is 0.133. The molecule has 2 aromatic rings. The van der Waals surface area contributed by atoms with Crippen LogP contribution in [0.3, 0.4) is 0 Å². The number of nitrogens with two attached hydrogens (primary N) is 1. The molecule has 0 unspecified atom stereocenters. The van der Waals surface area contributed by atoms with Crippen LogP contribution in [0.15, 0.2) is 42.5 Å². The molecule has 0 aliphatic rings. The third-order valence-electron chi connectivity index (χ3n) is 3.04. The summed E-state index contributed by atoms with van der Waals surface area (Å²) in [6, 6.07) is 11.6. The van der Waals surface area contributed by atoms with Crippen LogP contribution >= 0.6 is 23.2 Å².